The van der Waals surface area contributed by atoms with Gasteiger partial charge < -0.3 is 15.3 Å². The molecule has 0 unspecified atom stereocenters. The van der Waals surface area contributed by atoms with Crippen LogP contribution in [0.3, 0.4) is 0 Å². The fourth-order valence-corrected chi connectivity index (χ4v) is 5.05. The summed E-state index contributed by atoms with van der Waals surface area (Å²) in [4.78, 5) is 16.4. The maximum absolute atomic E-state index is 4.67. The number of benzene rings is 2. The van der Waals surface area contributed by atoms with Gasteiger partial charge in [0.25, 0.3) is 0 Å². The van der Waals surface area contributed by atoms with Crippen molar-refractivity contribution in [3.63, 3.8) is 0 Å². The minimum Gasteiger partial charge on any atom is -0.342 e. The first-order valence-electron chi connectivity index (χ1n) is 11.2. The molecule has 5 heteroatoms. The second-order valence-corrected chi connectivity index (χ2v) is 8.77. The van der Waals surface area contributed by atoms with Gasteiger partial charge in [0.1, 0.15) is 11.6 Å². The molecule has 1 atom stereocenters. The van der Waals surface area contributed by atoms with Gasteiger partial charge in [-0.25, -0.2) is 9.97 Å². The molecule has 3 N–H and O–H groups in total. The van der Waals surface area contributed by atoms with Crippen LogP contribution in [-0.2, 0) is 0 Å². The number of hydrogen-bond donors (Lipinski definition) is 3. The van der Waals surface area contributed by atoms with E-state index in [0.717, 1.165) is 36.0 Å². The average Bonchev–Trinajstić information content (AvgIpc) is 3.58. The maximum atomic E-state index is 4.67. The summed E-state index contributed by atoms with van der Waals surface area (Å²) in [6.07, 6.45) is 11.5. The molecular formula is C25H27N5. The van der Waals surface area contributed by atoms with Crippen LogP contribution in [0.2, 0.25) is 0 Å². The summed E-state index contributed by atoms with van der Waals surface area (Å²) in [7, 11) is 0. The van der Waals surface area contributed by atoms with Gasteiger partial charge in [0, 0.05) is 17.0 Å². The third kappa shape index (κ3) is 3.23. The Hall–Kier alpha value is -2.92. The molecule has 0 bridgehead atoms. The van der Waals surface area contributed by atoms with Crippen LogP contribution in [-0.4, -0.2) is 26.5 Å². The van der Waals surface area contributed by atoms with Crippen LogP contribution in [0.4, 0.5) is 0 Å². The Kier molecular flexibility index (Phi) is 4.42. The van der Waals surface area contributed by atoms with E-state index in [9.17, 15) is 0 Å². The number of H-pyrrole nitrogens is 2. The number of imidazole rings is 2. The number of rotatable bonds is 4. The van der Waals surface area contributed by atoms with E-state index < -0.39 is 0 Å². The average molecular weight is 398 g/mol. The molecule has 1 saturated heterocycles. The highest BCUT2D eigenvalue weighted by Crippen LogP contribution is 2.34. The van der Waals surface area contributed by atoms with Crippen LogP contribution < -0.4 is 5.32 Å². The summed E-state index contributed by atoms with van der Waals surface area (Å²) in [5.41, 5.74) is 4.57. The van der Waals surface area contributed by atoms with Crippen LogP contribution in [0, 0.1) is 0 Å². The summed E-state index contributed by atoms with van der Waals surface area (Å²) in [6.45, 7) is 1.08. The largest absolute Gasteiger partial charge is 0.342 e. The zero-order chi connectivity index (χ0) is 19.9. The molecule has 1 aliphatic carbocycles. The van der Waals surface area contributed by atoms with Crippen molar-refractivity contribution < 1.29 is 0 Å². The summed E-state index contributed by atoms with van der Waals surface area (Å²) in [5.74, 6) is 2.82. The molecule has 1 saturated carbocycles. The number of nitrogens with zero attached hydrogens (tertiary/aromatic N) is 2. The molecule has 30 heavy (non-hydrogen) atoms. The van der Waals surface area contributed by atoms with Crippen molar-refractivity contribution in [3.05, 3.63) is 60.4 Å². The molecule has 4 aromatic rings. The van der Waals surface area contributed by atoms with Crippen LogP contribution in [0.25, 0.3) is 33.3 Å². The molecule has 5 nitrogen and oxygen atoms in total. The van der Waals surface area contributed by atoms with E-state index in [1.807, 2.05) is 12.4 Å². The lowest BCUT2D eigenvalue weighted by atomic mass is 10.0. The highest BCUT2D eigenvalue weighted by atomic mass is 15.0. The van der Waals surface area contributed by atoms with Crippen molar-refractivity contribution in [3.8, 4) is 22.5 Å². The third-order valence-corrected chi connectivity index (χ3v) is 6.79. The van der Waals surface area contributed by atoms with Gasteiger partial charge >= 0.3 is 0 Å². The van der Waals surface area contributed by atoms with E-state index in [4.69, 9.17) is 0 Å². The van der Waals surface area contributed by atoms with E-state index in [1.54, 1.807) is 0 Å². The molecule has 0 spiro atoms. The zero-order valence-corrected chi connectivity index (χ0v) is 17.1. The summed E-state index contributed by atoms with van der Waals surface area (Å²) in [6, 6.07) is 13.7. The van der Waals surface area contributed by atoms with E-state index >= 15 is 0 Å². The topological polar surface area (TPSA) is 69.4 Å². The molecule has 2 aliphatic rings. The Labute approximate surface area is 176 Å². The Morgan fingerprint density at radius 1 is 0.700 bits per heavy atom. The number of aromatic amines is 2. The fraction of sp³-hybridized carbons (Fsp3) is 0.360. The quantitative estimate of drug-likeness (QED) is 0.413. The summed E-state index contributed by atoms with van der Waals surface area (Å²) >= 11 is 0. The van der Waals surface area contributed by atoms with Gasteiger partial charge in [-0.1, -0.05) is 37.1 Å². The molecular weight excluding hydrogens is 370 g/mol. The normalized spacial score (nSPS) is 19.8. The van der Waals surface area contributed by atoms with Crippen LogP contribution >= 0.6 is 0 Å². The first kappa shape index (κ1) is 17.9. The van der Waals surface area contributed by atoms with Crippen LogP contribution in [0.1, 0.15) is 62.1 Å². The van der Waals surface area contributed by atoms with Crippen molar-refractivity contribution in [2.45, 2.75) is 50.5 Å². The van der Waals surface area contributed by atoms with E-state index in [0.29, 0.717) is 12.0 Å². The smallest absolute Gasteiger partial charge is 0.123 e. The molecule has 0 amide bonds. The van der Waals surface area contributed by atoms with Crippen molar-refractivity contribution in [1.29, 1.82) is 0 Å². The molecule has 1 aliphatic heterocycles. The van der Waals surface area contributed by atoms with Gasteiger partial charge in [-0.15, -0.1) is 0 Å². The predicted octanol–water partition coefficient (Wildman–Crippen LogP) is 5.70. The van der Waals surface area contributed by atoms with Gasteiger partial charge in [-0.2, -0.15) is 0 Å². The molecule has 6 rings (SSSR count). The van der Waals surface area contributed by atoms with E-state index in [1.165, 1.54) is 54.0 Å². The minimum absolute atomic E-state index is 0.366. The minimum atomic E-state index is 0.366. The first-order valence-corrected chi connectivity index (χ1v) is 11.2. The lowest BCUT2D eigenvalue weighted by molar-refractivity contribution is 0.613. The monoisotopic (exact) mass is 397 g/mol. The Morgan fingerprint density at radius 3 is 1.97 bits per heavy atom. The molecule has 152 valence electrons. The zero-order valence-electron chi connectivity index (χ0n) is 17.1. The van der Waals surface area contributed by atoms with Gasteiger partial charge in [0.2, 0.25) is 0 Å². The molecule has 0 radical (unpaired) electrons. The van der Waals surface area contributed by atoms with Crippen LogP contribution in [0.5, 0.6) is 0 Å². The maximum Gasteiger partial charge on any atom is 0.123 e. The molecule has 3 heterocycles. The van der Waals surface area contributed by atoms with Gasteiger partial charge in [0.15, 0.2) is 0 Å². The van der Waals surface area contributed by atoms with Crippen molar-refractivity contribution in [1.82, 2.24) is 25.3 Å². The van der Waals surface area contributed by atoms with Crippen molar-refractivity contribution >= 4 is 10.8 Å². The summed E-state index contributed by atoms with van der Waals surface area (Å²) < 4.78 is 0. The van der Waals surface area contributed by atoms with E-state index in [-0.39, 0.29) is 0 Å². The highest BCUT2D eigenvalue weighted by molar-refractivity contribution is 5.90. The molecule has 2 aromatic heterocycles. The number of hydrogen-bond acceptors (Lipinski definition) is 3. The third-order valence-electron chi connectivity index (χ3n) is 6.79. The van der Waals surface area contributed by atoms with Gasteiger partial charge in [-0.05, 0) is 55.1 Å². The lowest BCUT2D eigenvalue weighted by Crippen LogP contribution is -2.14. The van der Waals surface area contributed by atoms with Crippen molar-refractivity contribution in [2.24, 2.45) is 0 Å². The second kappa shape index (κ2) is 7.40. The van der Waals surface area contributed by atoms with Crippen LogP contribution in [0.15, 0.2) is 48.8 Å². The van der Waals surface area contributed by atoms with E-state index in [2.05, 4.69) is 61.7 Å². The van der Waals surface area contributed by atoms with Gasteiger partial charge in [0.05, 0.1) is 29.8 Å². The fourth-order valence-electron chi connectivity index (χ4n) is 5.05. The standard InChI is InChI=1S/C25H27N5/c1-2-5-16(4-1)24-27-14-22(29-24)19-9-7-18-13-20(10-8-17(18)12-19)23-15-28-25(30-23)21-6-3-11-26-21/h7-10,12-16,21,26H,1-6,11H2,(H,27,29)(H,28,30)/t21-/m0/s1. The lowest BCUT2D eigenvalue weighted by Gasteiger charge is -2.07. The Balaban J connectivity index is 1.27. The summed E-state index contributed by atoms with van der Waals surface area (Å²) in [5, 5.41) is 5.99. The number of nitrogens with one attached hydrogen (secondary N) is 3. The SMILES string of the molecule is c1cc2cc(-c3cnc([C@@H]4CCCN4)[nH]3)ccc2cc1-c1cnc(C2CCCC2)[nH]1. The highest BCUT2D eigenvalue weighted by Gasteiger charge is 2.21. The van der Waals surface area contributed by atoms with Crippen molar-refractivity contribution in [2.75, 3.05) is 6.54 Å². The Bertz CT molecular complexity index is 1080. The molecule has 2 fully saturated rings. The van der Waals surface area contributed by atoms with Gasteiger partial charge in [-0.3, -0.25) is 0 Å². The Morgan fingerprint density at radius 2 is 1.33 bits per heavy atom. The number of fused-ring (bicyclic) bond motifs is 1. The predicted molar refractivity (Wildman–Crippen MR) is 120 cm³/mol. The second-order valence-electron chi connectivity index (χ2n) is 8.77. The molecule has 2 aromatic carbocycles. The number of aromatic nitrogens is 4. The first-order chi connectivity index (χ1) is 14.8.